The summed E-state index contributed by atoms with van der Waals surface area (Å²) >= 11 is 5.92. The molecule has 2 aliphatic rings. The molecule has 1 saturated heterocycles. The number of benzene rings is 2. The monoisotopic (exact) mass is 467 g/mol. The fourth-order valence-corrected chi connectivity index (χ4v) is 4.89. The van der Waals surface area contributed by atoms with E-state index in [1.54, 1.807) is 25.1 Å². The Hall–Kier alpha value is -3.38. The maximum Gasteiger partial charge on any atom is 0.241 e. The van der Waals surface area contributed by atoms with Gasteiger partial charge in [0.1, 0.15) is 5.82 Å². The van der Waals surface area contributed by atoms with Crippen LogP contribution in [0.25, 0.3) is 6.08 Å². The average molecular weight is 468 g/mol. The van der Waals surface area contributed by atoms with Crippen LogP contribution in [0.15, 0.2) is 66.8 Å². The molecule has 0 aromatic heterocycles. The normalized spacial score (nSPS) is 24.7. The predicted octanol–water partition coefficient (Wildman–Crippen LogP) is 5.53. The lowest BCUT2D eigenvalue weighted by Gasteiger charge is -2.38. The molecule has 0 radical (unpaired) electrons. The van der Waals surface area contributed by atoms with Crippen LogP contribution >= 0.6 is 11.6 Å². The third kappa shape index (κ3) is 3.64. The molecule has 4 rings (SSSR count). The molecule has 0 spiro atoms. The van der Waals surface area contributed by atoms with E-state index in [-0.39, 0.29) is 28.3 Å². The lowest BCUT2D eigenvalue weighted by atomic mass is 9.62. The van der Waals surface area contributed by atoms with Crippen LogP contribution in [-0.2, 0) is 9.59 Å². The number of phenols is 1. The second-order valence-corrected chi connectivity index (χ2v) is 8.73. The molecule has 1 N–H and O–H groups in total. The molecular formula is C26H23ClFNO4. The Kier molecular flexibility index (Phi) is 5.89. The molecule has 0 bridgehead atoms. The molecule has 2 aromatic carbocycles. The van der Waals surface area contributed by atoms with Gasteiger partial charge in [0, 0.05) is 5.92 Å². The van der Waals surface area contributed by atoms with Gasteiger partial charge in [0.15, 0.2) is 11.5 Å². The third-order valence-electron chi connectivity index (χ3n) is 6.58. The van der Waals surface area contributed by atoms with Crippen LogP contribution in [-0.4, -0.2) is 24.0 Å². The highest BCUT2D eigenvalue weighted by molar-refractivity contribution is 6.31. The van der Waals surface area contributed by atoms with Gasteiger partial charge in [-0.15, -0.1) is 0 Å². The summed E-state index contributed by atoms with van der Waals surface area (Å²) in [6, 6.07) is 8.75. The lowest BCUT2D eigenvalue weighted by molar-refractivity contribution is -0.128. The van der Waals surface area contributed by atoms with Gasteiger partial charge in [0.05, 0.1) is 29.2 Å². The van der Waals surface area contributed by atoms with E-state index in [0.29, 0.717) is 12.2 Å². The van der Waals surface area contributed by atoms with Crippen molar-refractivity contribution >= 4 is 35.2 Å². The van der Waals surface area contributed by atoms with Gasteiger partial charge < -0.3 is 9.84 Å². The number of aromatic hydroxyl groups is 1. The van der Waals surface area contributed by atoms with Gasteiger partial charge >= 0.3 is 0 Å². The van der Waals surface area contributed by atoms with Gasteiger partial charge in [-0.05, 0) is 54.8 Å². The second-order valence-electron chi connectivity index (χ2n) is 8.32. The van der Waals surface area contributed by atoms with E-state index in [2.05, 4.69) is 6.58 Å². The Morgan fingerprint density at radius 1 is 1.27 bits per heavy atom. The molecule has 170 valence electrons. The van der Waals surface area contributed by atoms with Crippen molar-refractivity contribution in [2.24, 2.45) is 17.3 Å². The molecular weight excluding hydrogens is 445 g/mol. The van der Waals surface area contributed by atoms with E-state index >= 15 is 0 Å². The van der Waals surface area contributed by atoms with Crippen LogP contribution in [0, 0.1) is 23.1 Å². The van der Waals surface area contributed by atoms with Crippen molar-refractivity contribution < 1.29 is 23.8 Å². The summed E-state index contributed by atoms with van der Waals surface area (Å²) in [5.41, 5.74) is 0.792. The van der Waals surface area contributed by atoms with Gasteiger partial charge in [0.2, 0.25) is 11.8 Å². The van der Waals surface area contributed by atoms with Crippen molar-refractivity contribution in [3.8, 4) is 11.5 Å². The summed E-state index contributed by atoms with van der Waals surface area (Å²) in [6.07, 6.45) is 7.72. The van der Waals surface area contributed by atoms with Crippen molar-refractivity contribution in [2.75, 3.05) is 12.0 Å². The van der Waals surface area contributed by atoms with Gasteiger partial charge in [0.25, 0.3) is 0 Å². The minimum absolute atomic E-state index is 0.0242. The number of hydrogen-bond donors (Lipinski definition) is 1. The predicted molar refractivity (Wildman–Crippen MR) is 126 cm³/mol. The van der Waals surface area contributed by atoms with Crippen molar-refractivity contribution in [2.45, 2.75) is 13.3 Å². The molecule has 1 fully saturated rings. The van der Waals surface area contributed by atoms with E-state index < -0.39 is 23.1 Å². The molecule has 2 amide bonds. The van der Waals surface area contributed by atoms with E-state index in [1.165, 1.54) is 25.3 Å². The Labute approximate surface area is 196 Å². The summed E-state index contributed by atoms with van der Waals surface area (Å²) < 4.78 is 18.8. The molecule has 33 heavy (non-hydrogen) atoms. The van der Waals surface area contributed by atoms with Crippen molar-refractivity contribution in [3.63, 3.8) is 0 Å². The number of methoxy groups -OCH3 is 1. The Balaban J connectivity index is 1.75. The molecule has 1 aliphatic carbocycles. The van der Waals surface area contributed by atoms with Crippen LogP contribution < -0.4 is 9.64 Å². The largest absolute Gasteiger partial charge is 0.504 e. The van der Waals surface area contributed by atoms with E-state index in [0.717, 1.165) is 22.1 Å². The number of hydrogen-bond acceptors (Lipinski definition) is 4. The number of imide groups is 1. The number of fused-ring (bicyclic) bond motifs is 1. The van der Waals surface area contributed by atoms with Crippen LogP contribution in [0.1, 0.15) is 18.9 Å². The first-order valence-corrected chi connectivity index (χ1v) is 10.8. The molecule has 3 atom stereocenters. The summed E-state index contributed by atoms with van der Waals surface area (Å²) in [7, 11) is 1.47. The van der Waals surface area contributed by atoms with Gasteiger partial charge in [-0.3, -0.25) is 9.59 Å². The molecule has 1 aliphatic heterocycles. The maximum atomic E-state index is 13.7. The zero-order valence-electron chi connectivity index (χ0n) is 18.2. The van der Waals surface area contributed by atoms with Crippen LogP contribution in [0.2, 0.25) is 5.02 Å². The highest BCUT2D eigenvalue weighted by atomic mass is 35.5. The minimum atomic E-state index is -1.06. The van der Waals surface area contributed by atoms with Gasteiger partial charge in [-0.2, -0.15) is 0 Å². The molecule has 1 heterocycles. The van der Waals surface area contributed by atoms with Gasteiger partial charge in [-0.1, -0.05) is 48.6 Å². The van der Waals surface area contributed by atoms with Crippen LogP contribution in [0.3, 0.4) is 0 Å². The lowest BCUT2D eigenvalue weighted by Crippen LogP contribution is -2.42. The number of halogens is 2. The molecule has 0 unspecified atom stereocenters. The SMILES string of the molecule is C=CC1=CC[C@H]2C(=O)N(c3ccc(F)c(Cl)c3)C(=O)[C@@]2(C)[C@H]1C=Cc1ccc(O)c(OC)c1. The fraction of sp³-hybridized carbons (Fsp3) is 0.231. The smallest absolute Gasteiger partial charge is 0.241 e. The number of anilines is 1. The first kappa shape index (κ1) is 22.8. The van der Waals surface area contributed by atoms with Crippen molar-refractivity contribution in [1.29, 1.82) is 0 Å². The number of carbonyl (C=O) groups excluding carboxylic acids is 2. The van der Waals surface area contributed by atoms with E-state index in [1.807, 2.05) is 18.2 Å². The summed E-state index contributed by atoms with van der Waals surface area (Å²) in [6.45, 7) is 5.68. The molecule has 0 saturated carbocycles. The number of nitrogens with zero attached hydrogens (tertiary/aromatic N) is 1. The maximum absolute atomic E-state index is 13.7. The number of ether oxygens (including phenoxy) is 1. The number of allylic oxidation sites excluding steroid dienone is 4. The first-order chi connectivity index (χ1) is 15.7. The van der Waals surface area contributed by atoms with E-state index in [9.17, 15) is 19.1 Å². The molecule has 2 aromatic rings. The third-order valence-corrected chi connectivity index (χ3v) is 6.87. The van der Waals surface area contributed by atoms with Crippen molar-refractivity contribution in [3.05, 3.63) is 83.2 Å². The van der Waals surface area contributed by atoms with Crippen LogP contribution in [0.4, 0.5) is 10.1 Å². The highest BCUT2D eigenvalue weighted by Gasteiger charge is 2.61. The van der Waals surface area contributed by atoms with Gasteiger partial charge in [-0.25, -0.2) is 9.29 Å². The van der Waals surface area contributed by atoms with Crippen LogP contribution in [0.5, 0.6) is 11.5 Å². The Morgan fingerprint density at radius 3 is 2.70 bits per heavy atom. The first-order valence-electron chi connectivity index (χ1n) is 10.4. The second kappa shape index (κ2) is 8.52. The Bertz CT molecular complexity index is 1220. The summed E-state index contributed by atoms with van der Waals surface area (Å²) in [5, 5.41) is 9.69. The number of phenolic OH excluding ortho intramolecular Hbond substituents is 1. The zero-order chi connectivity index (χ0) is 23.9. The topological polar surface area (TPSA) is 66.8 Å². The molecule has 5 nitrogen and oxygen atoms in total. The summed E-state index contributed by atoms with van der Waals surface area (Å²) in [5.74, 6) is -1.98. The standard InChI is InChI=1S/C26H23ClFNO4/c1-4-16-7-10-19-24(31)29(17-8-11-21(28)20(27)14-17)25(32)26(19,2)18(16)9-5-15-6-12-22(30)23(13-15)33-3/h4-9,11-14,18-19,30H,1,10H2,2-3H3/t18-,19-,26-/m0/s1. The number of carbonyl (C=O) groups is 2. The number of amides is 2. The highest BCUT2D eigenvalue weighted by Crippen LogP contribution is 2.53. The minimum Gasteiger partial charge on any atom is -0.504 e. The molecule has 7 heteroatoms. The van der Waals surface area contributed by atoms with E-state index in [4.69, 9.17) is 16.3 Å². The average Bonchev–Trinajstić information content (AvgIpc) is 3.00. The zero-order valence-corrected chi connectivity index (χ0v) is 19.0. The fourth-order valence-electron chi connectivity index (χ4n) is 4.72. The Morgan fingerprint density at radius 2 is 2.03 bits per heavy atom. The van der Waals surface area contributed by atoms with Crippen molar-refractivity contribution in [1.82, 2.24) is 0 Å². The summed E-state index contributed by atoms with van der Waals surface area (Å²) in [4.78, 5) is 28.2. The number of rotatable bonds is 5. The quantitative estimate of drug-likeness (QED) is 0.587.